The molecule has 0 aliphatic rings. The summed E-state index contributed by atoms with van der Waals surface area (Å²) >= 11 is 1.76. The number of rotatable bonds is 5. The number of benzene rings is 1. The lowest BCUT2D eigenvalue weighted by Gasteiger charge is -2.13. The van der Waals surface area contributed by atoms with Crippen LogP contribution in [0.5, 0.6) is 5.75 Å². The number of thioether (sulfide) groups is 1. The molecule has 0 aromatic heterocycles. The highest BCUT2D eigenvalue weighted by atomic mass is 32.2. The van der Waals surface area contributed by atoms with Crippen molar-refractivity contribution in [3.8, 4) is 5.75 Å². The molecule has 0 bridgehead atoms. The predicted octanol–water partition coefficient (Wildman–Crippen LogP) is 2.84. The molecule has 0 saturated carbocycles. The largest absolute Gasteiger partial charge is 0.491 e. The second kappa shape index (κ2) is 6.03. The van der Waals surface area contributed by atoms with Crippen molar-refractivity contribution in [3.05, 3.63) is 29.8 Å². The Labute approximate surface area is 96.2 Å². The maximum atomic E-state index is 6.00. The molecule has 1 atom stereocenters. The molecular weight excluding hydrogens is 206 g/mol. The average molecular weight is 225 g/mol. The second-order valence-electron chi connectivity index (χ2n) is 3.80. The molecule has 0 aliphatic heterocycles. The van der Waals surface area contributed by atoms with Gasteiger partial charge >= 0.3 is 0 Å². The highest BCUT2D eigenvalue weighted by Crippen LogP contribution is 2.19. The molecule has 0 spiro atoms. The van der Waals surface area contributed by atoms with Crippen LogP contribution in [0, 0.1) is 0 Å². The van der Waals surface area contributed by atoms with Crippen molar-refractivity contribution in [3.63, 3.8) is 0 Å². The minimum Gasteiger partial charge on any atom is -0.491 e. The van der Waals surface area contributed by atoms with Gasteiger partial charge in [0.15, 0.2) is 0 Å². The van der Waals surface area contributed by atoms with Crippen molar-refractivity contribution in [2.75, 3.05) is 12.0 Å². The second-order valence-corrected chi connectivity index (χ2v) is 4.71. The van der Waals surface area contributed by atoms with Gasteiger partial charge in [0, 0.05) is 11.8 Å². The third-order valence-corrected chi connectivity index (χ3v) is 2.72. The van der Waals surface area contributed by atoms with Crippen LogP contribution < -0.4 is 10.5 Å². The summed E-state index contributed by atoms with van der Waals surface area (Å²) in [6.45, 7) is 4.04. The monoisotopic (exact) mass is 225 g/mol. The van der Waals surface area contributed by atoms with Crippen molar-refractivity contribution < 1.29 is 4.74 Å². The van der Waals surface area contributed by atoms with Gasteiger partial charge in [-0.3, -0.25) is 0 Å². The molecule has 0 aliphatic carbocycles. The lowest BCUT2D eigenvalue weighted by atomic mass is 10.1. The number of ether oxygens (including phenoxy) is 1. The van der Waals surface area contributed by atoms with Crippen LogP contribution in [-0.2, 0) is 0 Å². The first-order valence-electron chi connectivity index (χ1n) is 5.14. The van der Waals surface area contributed by atoms with Crippen molar-refractivity contribution in [2.24, 2.45) is 5.73 Å². The zero-order valence-electron chi connectivity index (χ0n) is 9.57. The summed E-state index contributed by atoms with van der Waals surface area (Å²) in [6, 6.07) is 8.16. The van der Waals surface area contributed by atoms with Crippen molar-refractivity contribution in [2.45, 2.75) is 26.0 Å². The minimum absolute atomic E-state index is 0.119. The van der Waals surface area contributed by atoms with Gasteiger partial charge in [-0.1, -0.05) is 12.1 Å². The summed E-state index contributed by atoms with van der Waals surface area (Å²) in [5.74, 6) is 1.86. The summed E-state index contributed by atoms with van der Waals surface area (Å²) in [5, 5.41) is 0. The first-order valence-corrected chi connectivity index (χ1v) is 6.54. The quantitative estimate of drug-likeness (QED) is 0.837. The Kier molecular flexibility index (Phi) is 4.99. The smallest absolute Gasteiger partial charge is 0.119 e. The topological polar surface area (TPSA) is 35.2 Å². The molecule has 2 N–H and O–H groups in total. The van der Waals surface area contributed by atoms with E-state index in [1.165, 1.54) is 5.56 Å². The molecule has 15 heavy (non-hydrogen) atoms. The molecule has 1 rings (SSSR count). The Balaban J connectivity index is 2.63. The Bertz CT molecular complexity index is 284. The van der Waals surface area contributed by atoms with Gasteiger partial charge in [0.1, 0.15) is 5.75 Å². The van der Waals surface area contributed by atoms with E-state index in [-0.39, 0.29) is 12.1 Å². The van der Waals surface area contributed by atoms with E-state index < -0.39 is 0 Å². The molecule has 1 aromatic rings. The van der Waals surface area contributed by atoms with Gasteiger partial charge in [0.25, 0.3) is 0 Å². The molecule has 1 aromatic carbocycles. The van der Waals surface area contributed by atoms with Crippen LogP contribution in [-0.4, -0.2) is 18.1 Å². The first-order chi connectivity index (χ1) is 7.13. The van der Waals surface area contributed by atoms with Crippen LogP contribution in [0.2, 0.25) is 0 Å². The van der Waals surface area contributed by atoms with Gasteiger partial charge < -0.3 is 10.5 Å². The number of hydrogen-bond acceptors (Lipinski definition) is 3. The molecule has 1 unspecified atom stereocenters. The molecule has 84 valence electrons. The van der Waals surface area contributed by atoms with Crippen LogP contribution in [0.1, 0.15) is 25.5 Å². The fourth-order valence-electron chi connectivity index (χ4n) is 1.34. The van der Waals surface area contributed by atoms with E-state index in [0.29, 0.717) is 0 Å². The normalized spacial score (nSPS) is 12.9. The molecule has 0 saturated heterocycles. The summed E-state index contributed by atoms with van der Waals surface area (Å²) in [6.07, 6.45) is 2.28. The molecule has 3 heteroatoms. The van der Waals surface area contributed by atoms with Gasteiger partial charge in [-0.2, -0.15) is 11.8 Å². The van der Waals surface area contributed by atoms with E-state index in [4.69, 9.17) is 10.5 Å². The standard InChI is InChI=1S/C12H19NOS/c1-9(2)14-11-6-4-10(5-7-11)12(13)8-15-3/h4-7,9,12H,8,13H2,1-3H3. The molecule has 2 nitrogen and oxygen atoms in total. The molecule has 0 amide bonds. The fourth-order valence-corrected chi connectivity index (χ4v) is 1.89. The highest BCUT2D eigenvalue weighted by Gasteiger charge is 2.05. The zero-order valence-corrected chi connectivity index (χ0v) is 10.4. The van der Waals surface area contributed by atoms with Crippen molar-refractivity contribution in [1.82, 2.24) is 0 Å². The van der Waals surface area contributed by atoms with Crippen LogP contribution in [0.15, 0.2) is 24.3 Å². The Morgan fingerprint density at radius 2 is 1.87 bits per heavy atom. The summed E-state index contributed by atoms with van der Waals surface area (Å²) in [5.41, 5.74) is 7.16. The minimum atomic E-state index is 0.119. The third kappa shape index (κ3) is 4.14. The van der Waals surface area contributed by atoms with E-state index in [1.54, 1.807) is 11.8 Å². The zero-order chi connectivity index (χ0) is 11.3. The predicted molar refractivity (Wildman–Crippen MR) is 67.5 cm³/mol. The first kappa shape index (κ1) is 12.4. The lowest BCUT2D eigenvalue weighted by molar-refractivity contribution is 0.242. The average Bonchev–Trinajstić information content (AvgIpc) is 2.18. The summed E-state index contributed by atoms with van der Waals surface area (Å²) in [4.78, 5) is 0. The van der Waals surface area contributed by atoms with E-state index in [1.807, 2.05) is 38.1 Å². The van der Waals surface area contributed by atoms with E-state index in [9.17, 15) is 0 Å². The summed E-state index contributed by atoms with van der Waals surface area (Å²) in [7, 11) is 0. The maximum absolute atomic E-state index is 6.00. The van der Waals surface area contributed by atoms with Gasteiger partial charge in [-0.05, 0) is 37.8 Å². The molecular formula is C12H19NOS. The maximum Gasteiger partial charge on any atom is 0.119 e. The fraction of sp³-hybridized carbons (Fsp3) is 0.500. The van der Waals surface area contributed by atoms with E-state index in [2.05, 4.69) is 6.26 Å². The summed E-state index contributed by atoms with van der Waals surface area (Å²) < 4.78 is 5.56. The van der Waals surface area contributed by atoms with E-state index >= 15 is 0 Å². The number of hydrogen-bond donors (Lipinski definition) is 1. The SMILES string of the molecule is CSCC(N)c1ccc(OC(C)C)cc1. The van der Waals surface area contributed by atoms with Crippen molar-refractivity contribution >= 4 is 11.8 Å². The van der Waals surface area contributed by atoms with Gasteiger partial charge in [0.2, 0.25) is 0 Å². The molecule has 0 radical (unpaired) electrons. The number of nitrogens with two attached hydrogens (primary N) is 1. The van der Waals surface area contributed by atoms with E-state index in [0.717, 1.165) is 11.5 Å². The van der Waals surface area contributed by atoms with Gasteiger partial charge in [0.05, 0.1) is 6.10 Å². The Hall–Kier alpha value is -0.670. The Morgan fingerprint density at radius 3 is 2.33 bits per heavy atom. The van der Waals surface area contributed by atoms with Crippen LogP contribution >= 0.6 is 11.8 Å². The van der Waals surface area contributed by atoms with Crippen LogP contribution in [0.25, 0.3) is 0 Å². The van der Waals surface area contributed by atoms with Crippen LogP contribution in [0.4, 0.5) is 0 Å². The third-order valence-electron chi connectivity index (χ3n) is 2.03. The van der Waals surface area contributed by atoms with Gasteiger partial charge in [-0.25, -0.2) is 0 Å². The Morgan fingerprint density at radius 1 is 1.27 bits per heavy atom. The lowest BCUT2D eigenvalue weighted by Crippen LogP contribution is -2.12. The highest BCUT2D eigenvalue weighted by molar-refractivity contribution is 7.98. The van der Waals surface area contributed by atoms with Gasteiger partial charge in [-0.15, -0.1) is 0 Å². The van der Waals surface area contributed by atoms with Crippen molar-refractivity contribution in [1.29, 1.82) is 0 Å². The molecule has 0 heterocycles. The molecule has 0 fully saturated rings. The van der Waals surface area contributed by atoms with Crippen LogP contribution in [0.3, 0.4) is 0 Å².